The zero-order valence-corrected chi connectivity index (χ0v) is 20.1. The van der Waals surface area contributed by atoms with Crippen LogP contribution in [0.15, 0.2) is 25.3 Å². The molecule has 0 radical (unpaired) electrons. The molecule has 31 heavy (non-hydrogen) atoms. The number of carbonyl (C=O) groups is 2. The molecule has 0 aliphatic carbocycles. The minimum atomic E-state index is -1.34. The normalized spacial score (nSPS) is 13.8. The van der Waals surface area contributed by atoms with Crippen molar-refractivity contribution in [1.29, 1.82) is 0 Å². The highest BCUT2D eigenvalue weighted by molar-refractivity contribution is 5.60. The van der Waals surface area contributed by atoms with Crippen molar-refractivity contribution in [3.8, 4) is 0 Å². The van der Waals surface area contributed by atoms with Gasteiger partial charge in [-0.3, -0.25) is 4.79 Å². The molecule has 0 saturated carbocycles. The lowest BCUT2D eigenvalue weighted by molar-refractivity contribution is -0.261. The Morgan fingerprint density at radius 3 is 1.84 bits per heavy atom. The van der Waals surface area contributed by atoms with Crippen molar-refractivity contribution in [3.63, 3.8) is 0 Å². The quantitative estimate of drug-likeness (QED) is 0.115. The van der Waals surface area contributed by atoms with Crippen molar-refractivity contribution in [3.05, 3.63) is 25.3 Å². The predicted molar refractivity (Wildman–Crippen MR) is 121 cm³/mol. The number of carbonyl (C=O) groups excluding carboxylic acids is 2. The zero-order valence-electron chi connectivity index (χ0n) is 20.1. The van der Waals surface area contributed by atoms with E-state index in [0.29, 0.717) is 38.6 Å². The van der Waals surface area contributed by atoms with Gasteiger partial charge in [-0.25, -0.2) is 4.79 Å². The van der Waals surface area contributed by atoms with Crippen LogP contribution < -0.4 is 0 Å². The number of hydrogen-bond acceptors (Lipinski definition) is 7. The van der Waals surface area contributed by atoms with Crippen molar-refractivity contribution in [1.82, 2.24) is 0 Å². The Bertz CT molecular complexity index is 538. The minimum Gasteiger partial charge on any atom is -0.434 e. The van der Waals surface area contributed by atoms with Crippen LogP contribution in [-0.4, -0.2) is 55.9 Å². The average molecular weight is 443 g/mol. The first kappa shape index (κ1) is 29.3. The lowest BCUT2D eigenvalue weighted by Gasteiger charge is -2.40. The van der Waals surface area contributed by atoms with Crippen LogP contribution in [0, 0.1) is 0 Å². The Morgan fingerprint density at radius 1 is 0.806 bits per heavy atom. The molecule has 0 fully saturated rings. The maximum Gasteiger partial charge on any atom is 0.508 e. The van der Waals surface area contributed by atoms with Crippen molar-refractivity contribution < 1.29 is 33.3 Å². The molecule has 1 atom stereocenters. The molecule has 0 aliphatic heterocycles. The highest BCUT2D eigenvalue weighted by Gasteiger charge is 2.38. The van der Waals surface area contributed by atoms with E-state index in [2.05, 4.69) is 27.0 Å². The summed E-state index contributed by atoms with van der Waals surface area (Å²) in [5.74, 6) is -1.34. The van der Waals surface area contributed by atoms with Crippen LogP contribution in [-0.2, 0) is 28.5 Å². The minimum absolute atomic E-state index is 0.119. The Kier molecular flexibility index (Phi) is 14.3. The zero-order chi connectivity index (χ0) is 23.8. The Hall–Kier alpha value is -1.70. The Labute approximate surface area is 188 Å². The van der Waals surface area contributed by atoms with Gasteiger partial charge in [0, 0.05) is 6.42 Å². The van der Waals surface area contributed by atoms with Gasteiger partial charge in [0.15, 0.2) is 6.29 Å². The van der Waals surface area contributed by atoms with E-state index in [9.17, 15) is 9.59 Å². The van der Waals surface area contributed by atoms with E-state index in [1.165, 1.54) is 6.08 Å². The van der Waals surface area contributed by atoms with Gasteiger partial charge in [0.2, 0.25) is 5.79 Å². The fraction of sp³-hybridized carbons (Fsp3) is 0.750. The molecule has 0 N–H and O–H groups in total. The molecule has 0 aromatic carbocycles. The van der Waals surface area contributed by atoms with Gasteiger partial charge in [0.1, 0.15) is 6.61 Å². The Morgan fingerprint density at radius 2 is 1.35 bits per heavy atom. The van der Waals surface area contributed by atoms with Gasteiger partial charge in [0.25, 0.3) is 0 Å². The number of aldehydes is 1. The second kappa shape index (κ2) is 15.2. The molecule has 0 amide bonds. The fourth-order valence-electron chi connectivity index (χ4n) is 3.36. The summed E-state index contributed by atoms with van der Waals surface area (Å²) in [5, 5.41) is 0. The molecule has 1 unspecified atom stereocenters. The molecule has 180 valence electrons. The van der Waals surface area contributed by atoms with E-state index in [-0.39, 0.29) is 19.8 Å². The predicted octanol–water partition coefficient (Wildman–Crippen LogP) is 5.37. The Balaban J connectivity index is 4.98. The van der Waals surface area contributed by atoms with Crippen LogP contribution in [0.4, 0.5) is 4.79 Å². The molecule has 0 rings (SSSR count). The second-order valence-electron chi connectivity index (χ2n) is 7.66. The van der Waals surface area contributed by atoms with Gasteiger partial charge in [-0.1, -0.05) is 46.4 Å². The lowest BCUT2D eigenvalue weighted by atomic mass is 9.91. The topological polar surface area (TPSA) is 80.3 Å². The third-order valence-electron chi connectivity index (χ3n) is 5.76. The maximum absolute atomic E-state index is 11.6. The maximum atomic E-state index is 11.6. The summed E-state index contributed by atoms with van der Waals surface area (Å²) in [6.45, 7) is 17.9. The largest absolute Gasteiger partial charge is 0.508 e. The van der Waals surface area contributed by atoms with Gasteiger partial charge in [0.05, 0.1) is 31.0 Å². The third-order valence-corrected chi connectivity index (χ3v) is 5.76. The van der Waals surface area contributed by atoms with Crippen LogP contribution in [0.5, 0.6) is 0 Å². The van der Waals surface area contributed by atoms with Gasteiger partial charge >= 0.3 is 6.16 Å². The van der Waals surface area contributed by atoms with Crippen molar-refractivity contribution >= 4 is 12.4 Å². The third kappa shape index (κ3) is 10.4. The lowest BCUT2D eigenvalue weighted by Crippen LogP contribution is -2.46. The SMILES string of the molecule is C=CCOC(=O)OCCC(CC)(CC)OCCC(CC)(CC)OC(C)(C=O)OCC=C. The van der Waals surface area contributed by atoms with Gasteiger partial charge in [-0.2, -0.15) is 0 Å². The van der Waals surface area contributed by atoms with Crippen LogP contribution in [0.2, 0.25) is 0 Å². The molecule has 0 heterocycles. The summed E-state index contributed by atoms with van der Waals surface area (Å²) in [7, 11) is 0. The fourth-order valence-corrected chi connectivity index (χ4v) is 3.36. The molecule has 7 heteroatoms. The summed E-state index contributed by atoms with van der Waals surface area (Å²) in [5.41, 5.74) is -0.978. The van der Waals surface area contributed by atoms with E-state index in [0.717, 1.165) is 12.8 Å². The molecule has 7 nitrogen and oxygen atoms in total. The molecule has 0 aromatic heterocycles. The summed E-state index contributed by atoms with van der Waals surface area (Å²) >= 11 is 0. The smallest absolute Gasteiger partial charge is 0.434 e. The van der Waals surface area contributed by atoms with Gasteiger partial charge in [-0.15, -0.1) is 6.58 Å². The molecule has 0 saturated heterocycles. The highest BCUT2D eigenvalue weighted by atomic mass is 16.7. The van der Waals surface area contributed by atoms with Crippen LogP contribution in [0.3, 0.4) is 0 Å². The van der Waals surface area contributed by atoms with Gasteiger partial charge in [-0.05, 0) is 39.0 Å². The molecular weight excluding hydrogens is 400 g/mol. The standard InChI is InChI=1S/C24H42O7/c1-8-16-27-21(26)28-18-14-23(10-3,11-4)30-19-15-24(12-5,13-6)31-22(7,20-25)29-17-9-2/h8-9,20H,1-2,10-19H2,3-7H3. The molecule has 0 aliphatic rings. The van der Waals surface area contributed by atoms with E-state index < -0.39 is 23.1 Å². The van der Waals surface area contributed by atoms with Crippen LogP contribution in [0.25, 0.3) is 0 Å². The molecule has 0 aromatic rings. The van der Waals surface area contributed by atoms with Crippen molar-refractivity contribution in [2.45, 2.75) is 90.1 Å². The summed E-state index contributed by atoms with van der Waals surface area (Å²) in [4.78, 5) is 23.2. The average Bonchev–Trinajstić information content (AvgIpc) is 2.79. The number of ether oxygens (including phenoxy) is 5. The van der Waals surface area contributed by atoms with E-state index in [1.807, 2.05) is 13.8 Å². The number of hydrogen-bond donors (Lipinski definition) is 0. The van der Waals surface area contributed by atoms with Crippen LogP contribution >= 0.6 is 0 Å². The first-order valence-corrected chi connectivity index (χ1v) is 11.2. The van der Waals surface area contributed by atoms with E-state index in [1.54, 1.807) is 13.0 Å². The number of rotatable bonds is 19. The first-order chi connectivity index (χ1) is 14.7. The van der Waals surface area contributed by atoms with Crippen molar-refractivity contribution in [2.75, 3.05) is 26.4 Å². The monoisotopic (exact) mass is 442 g/mol. The molecular formula is C24H42O7. The van der Waals surface area contributed by atoms with E-state index in [4.69, 9.17) is 23.7 Å². The van der Waals surface area contributed by atoms with E-state index >= 15 is 0 Å². The first-order valence-electron chi connectivity index (χ1n) is 11.2. The van der Waals surface area contributed by atoms with Gasteiger partial charge < -0.3 is 23.7 Å². The summed E-state index contributed by atoms with van der Waals surface area (Å²) in [6, 6.07) is 0. The highest BCUT2D eigenvalue weighted by Crippen LogP contribution is 2.32. The summed E-state index contributed by atoms with van der Waals surface area (Å²) in [6.07, 6.45) is 7.16. The summed E-state index contributed by atoms with van der Waals surface area (Å²) < 4.78 is 28.0. The molecule has 0 spiro atoms. The molecule has 0 bridgehead atoms. The van der Waals surface area contributed by atoms with Crippen LogP contribution in [0.1, 0.15) is 73.1 Å². The van der Waals surface area contributed by atoms with Crippen molar-refractivity contribution in [2.24, 2.45) is 0 Å². The second-order valence-corrected chi connectivity index (χ2v) is 7.66.